The number of carbonyl (C=O) groups is 1. The maximum atomic E-state index is 12.8. The molecule has 1 aliphatic heterocycles. The molecule has 0 spiro atoms. The highest BCUT2D eigenvalue weighted by molar-refractivity contribution is 5.86. The van der Waals surface area contributed by atoms with Crippen LogP contribution in [0.15, 0.2) is 0 Å². The van der Waals surface area contributed by atoms with Crippen molar-refractivity contribution in [1.29, 1.82) is 0 Å². The van der Waals surface area contributed by atoms with E-state index < -0.39 is 17.5 Å². The van der Waals surface area contributed by atoms with Crippen LogP contribution in [0.1, 0.15) is 32.6 Å². The van der Waals surface area contributed by atoms with Gasteiger partial charge in [0.2, 0.25) is 5.91 Å². The molecule has 0 bridgehead atoms. The Bertz CT molecular complexity index is 296. The lowest BCUT2D eigenvalue weighted by atomic mass is 9.97. The van der Waals surface area contributed by atoms with E-state index in [0.29, 0.717) is 19.0 Å². The molecule has 1 saturated carbocycles. The normalized spacial score (nSPS) is 29.0. The van der Waals surface area contributed by atoms with Crippen molar-refractivity contribution in [3.8, 4) is 0 Å². The predicted molar refractivity (Wildman–Crippen MR) is 52.7 cm³/mol. The van der Waals surface area contributed by atoms with Crippen LogP contribution in [0, 0.1) is 11.3 Å². The van der Waals surface area contributed by atoms with Gasteiger partial charge < -0.3 is 4.90 Å². The number of hydrogen-bond donors (Lipinski definition) is 0. The van der Waals surface area contributed by atoms with E-state index in [1.807, 2.05) is 6.92 Å². The number of piperidine rings is 1. The summed E-state index contributed by atoms with van der Waals surface area (Å²) in [6.45, 7) is 2.95. The standard InChI is InChI=1S/C11H16F3NO/c1-8-3-2-6-15(7-8)9(16)10(4-5-10)11(12,13)14/h8H,2-7H2,1H3/t8-/m1/s1. The van der Waals surface area contributed by atoms with Gasteiger partial charge in [0.1, 0.15) is 5.41 Å². The molecule has 5 heteroatoms. The number of nitrogens with zero attached hydrogens (tertiary/aromatic N) is 1. The van der Waals surface area contributed by atoms with Crippen LogP contribution in [0.4, 0.5) is 13.2 Å². The quantitative estimate of drug-likeness (QED) is 0.684. The molecule has 2 rings (SSSR count). The number of carbonyl (C=O) groups excluding carboxylic acids is 1. The van der Waals surface area contributed by atoms with Crippen molar-refractivity contribution in [3.05, 3.63) is 0 Å². The minimum absolute atomic E-state index is 0.0276. The van der Waals surface area contributed by atoms with Gasteiger partial charge in [0.15, 0.2) is 0 Å². The Balaban J connectivity index is 2.08. The second kappa shape index (κ2) is 3.64. The molecule has 1 amide bonds. The van der Waals surface area contributed by atoms with E-state index in [-0.39, 0.29) is 12.8 Å². The first-order chi connectivity index (χ1) is 7.37. The zero-order valence-electron chi connectivity index (χ0n) is 9.31. The Labute approximate surface area is 92.8 Å². The van der Waals surface area contributed by atoms with Gasteiger partial charge in [-0.05, 0) is 31.6 Å². The van der Waals surface area contributed by atoms with Gasteiger partial charge in [-0.3, -0.25) is 4.79 Å². The van der Waals surface area contributed by atoms with Crippen molar-refractivity contribution >= 4 is 5.91 Å². The van der Waals surface area contributed by atoms with Crippen LogP contribution in [0.2, 0.25) is 0 Å². The van der Waals surface area contributed by atoms with Crippen LogP contribution in [0.25, 0.3) is 0 Å². The van der Waals surface area contributed by atoms with Crippen LogP contribution in [0.3, 0.4) is 0 Å². The molecule has 2 fully saturated rings. The summed E-state index contributed by atoms with van der Waals surface area (Å²) in [7, 11) is 0. The highest BCUT2D eigenvalue weighted by atomic mass is 19.4. The van der Waals surface area contributed by atoms with E-state index in [2.05, 4.69) is 0 Å². The van der Waals surface area contributed by atoms with E-state index in [1.54, 1.807) is 0 Å². The summed E-state index contributed by atoms with van der Waals surface area (Å²) in [6, 6.07) is 0. The maximum absolute atomic E-state index is 12.8. The number of amides is 1. The molecule has 1 saturated heterocycles. The first kappa shape index (κ1) is 11.7. The van der Waals surface area contributed by atoms with E-state index in [9.17, 15) is 18.0 Å². The maximum Gasteiger partial charge on any atom is 0.403 e. The molecule has 92 valence electrons. The number of rotatable bonds is 1. The Hall–Kier alpha value is -0.740. The Kier molecular flexibility index (Phi) is 2.67. The minimum atomic E-state index is -4.37. The fourth-order valence-electron chi connectivity index (χ4n) is 2.42. The number of alkyl halides is 3. The van der Waals surface area contributed by atoms with Crippen molar-refractivity contribution in [1.82, 2.24) is 4.90 Å². The third kappa shape index (κ3) is 1.80. The number of likely N-dealkylation sites (tertiary alicyclic amines) is 1. The molecular formula is C11H16F3NO. The first-order valence-corrected chi connectivity index (χ1v) is 5.73. The van der Waals surface area contributed by atoms with Crippen LogP contribution in [-0.4, -0.2) is 30.1 Å². The van der Waals surface area contributed by atoms with Gasteiger partial charge in [-0.15, -0.1) is 0 Å². The van der Waals surface area contributed by atoms with E-state index in [0.717, 1.165) is 12.8 Å². The smallest absolute Gasteiger partial charge is 0.342 e. The molecule has 1 heterocycles. The summed E-state index contributed by atoms with van der Waals surface area (Å²) in [4.78, 5) is 13.3. The third-order valence-corrected chi connectivity index (χ3v) is 3.65. The highest BCUT2D eigenvalue weighted by Crippen LogP contribution is 2.58. The summed E-state index contributed by atoms with van der Waals surface area (Å²) in [5, 5.41) is 0. The molecule has 0 N–H and O–H groups in total. The molecule has 0 aromatic rings. The monoisotopic (exact) mass is 235 g/mol. The fraction of sp³-hybridized carbons (Fsp3) is 0.909. The van der Waals surface area contributed by atoms with Gasteiger partial charge in [-0.25, -0.2) is 0 Å². The molecule has 16 heavy (non-hydrogen) atoms. The molecule has 2 nitrogen and oxygen atoms in total. The summed E-state index contributed by atoms with van der Waals surface area (Å²) in [5.41, 5.74) is -2.02. The van der Waals surface area contributed by atoms with Crippen molar-refractivity contribution in [3.63, 3.8) is 0 Å². The lowest BCUT2D eigenvalue weighted by Gasteiger charge is -2.34. The van der Waals surface area contributed by atoms with Gasteiger partial charge in [0, 0.05) is 13.1 Å². The van der Waals surface area contributed by atoms with Crippen LogP contribution >= 0.6 is 0 Å². The van der Waals surface area contributed by atoms with Crippen molar-refractivity contribution in [2.45, 2.75) is 38.8 Å². The zero-order valence-corrected chi connectivity index (χ0v) is 9.31. The van der Waals surface area contributed by atoms with Crippen molar-refractivity contribution < 1.29 is 18.0 Å². The molecule has 0 unspecified atom stereocenters. The first-order valence-electron chi connectivity index (χ1n) is 5.73. The van der Waals surface area contributed by atoms with Gasteiger partial charge in [-0.2, -0.15) is 13.2 Å². The number of hydrogen-bond acceptors (Lipinski definition) is 1. The minimum Gasteiger partial charge on any atom is -0.342 e. The largest absolute Gasteiger partial charge is 0.403 e. The third-order valence-electron chi connectivity index (χ3n) is 3.65. The molecule has 1 aliphatic carbocycles. The average Bonchev–Trinajstić information content (AvgIpc) is 2.96. The highest BCUT2D eigenvalue weighted by Gasteiger charge is 2.69. The molecular weight excluding hydrogens is 219 g/mol. The Morgan fingerprint density at radius 1 is 1.38 bits per heavy atom. The predicted octanol–water partition coefficient (Wildman–Crippen LogP) is 2.59. The summed E-state index contributed by atoms with van der Waals surface area (Å²) in [5.74, 6) is -0.367. The van der Waals surface area contributed by atoms with Crippen LogP contribution in [0.5, 0.6) is 0 Å². The van der Waals surface area contributed by atoms with Crippen LogP contribution < -0.4 is 0 Å². The SMILES string of the molecule is C[C@@H]1CCCN(C(=O)C2(C(F)(F)F)CC2)C1. The lowest BCUT2D eigenvalue weighted by molar-refractivity contribution is -0.199. The summed E-state index contributed by atoms with van der Waals surface area (Å²) < 4.78 is 38.3. The second-order valence-corrected chi connectivity index (χ2v) is 5.08. The number of halogens is 3. The summed E-state index contributed by atoms with van der Waals surface area (Å²) >= 11 is 0. The summed E-state index contributed by atoms with van der Waals surface area (Å²) in [6.07, 6.45) is -2.60. The fourth-order valence-corrected chi connectivity index (χ4v) is 2.42. The lowest BCUT2D eigenvalue weighted by Crippen LogP contribution is -2.47. The Morgan fingerprint density at radius 3 is 2.44 bits per heavy atom. The molecule has 2 aliphatic rings. The molecule has 1 atom stereocenters. The topological polar surface area (TPSA) is 20.3 Å². The zero-order chi connectivity index (χ0) is 12.0. The average molecular weight is 235 g/mol. The molecule has 0 radical (unpaired) electrons. The van der Waals surface area contributed by atoms with Crippen LogP contribution in [-0.2, 0) is 4.79 Å². The van der Waals surface area contributed by atoms with Crippen molar-refractivity contribution in [2.75, 3.05) is 13.1 Å². The van der Waals surface area contributed by atoms with Gasteiger partial charge in [0.05, 0.1) is 0 Å². The molecule has 0 aromatic heterocycles. The second-order valence-electron chi connectivity index (χ2n) is 5.08. The Morgan fingerprint density at radius 2 is 2.00 bits per heavy atom. The van der Waals surface area contributed by atoms with E-state index in [1.165, 1.54) is 4.90 Å². The van der Waals surface area contributed by atoms with Gasteiger partial charge in [0.25, 0.3) is 0 Å². The molecule has 0 aromatic carbocycles. The van der Waals surface area contributed by atoms with Gasteiger partial charge in [-0.1, -0.05) is 6.92 Å². The van der Waals surface area contributed by atoms with E-state index in [4.69, 9.17) is 0 Å². The van der Waals surface area contributed by atoms with Crippen molar-refractivity contribution in [2.24, 2.45) is 11.3 Å². The van der Waals surface area contributed by atoms with Gasteiger partial charge >= 0.3 is 6.18 Å². The van der Waals surface area contributed by atoms with E-state index >= 15 is 0 Å².